The first-order valence-electron chi connectivity index (χ1n) is 8.18. The molecule has 2 fully saturated rings. The van der Waals surface area contributed by atoms with Gasteiger partial charge in [0.05, 0.1) is 4.70 Å². The normalized spacial score (nSPS) is 25.0. The first kappa shape index (κ1) is 13.5. The van der Waals surface area contributed by atoms with Crippen LogP contribution in [0.4, 0.5) is 5.82 Å². The Hall–Kier alpha value is -1.13. The maximum Gasteiger partial charge on any atom is 0.150 e. The van der Waals surface area contributed by atoms with Crippen molar-refractivity contribution in [3.63, 3.8) is 0 Å². The summed E-state index contributed by atoms with van der Waals surface area (Å²) in [5.41, 5.74) is 0. The van der Waals surface area contributed by atoms with E-state index in [1.165, 1.54) is 48.1 Å². The summed E-state index contributed by atoms with van der Waals surface area (Å²) < 4.78 is 6.03. The van der Waals surface area contributed by atoms with E-state index in [9.17, 15) is 0 Å². The van der Waals surface area contributed by atoms with Crippen molar-refractivity contribution in [3.8, 4) is 0 Å². The molecular weight excluding hydrogens is 278 g/mol. The molecule has 1 aliphatic carbocycles. The van der Waals surface area contributed by atoms with E-state index in [2.05, 4.69) is 41.0 Å². The smallest absolute Gasteiger partial charge is 0.150 e. The number of hydrogen-bond acceptors (Lipinski definition) is 4. The number of hydrogen-bond donors (Lipinski definition) is 0. The van der Waals surface area contributed by atoms with Crippen molar-refractivity contribution in [1.29, 1.82) is 0 Å². The van der Waals surface area contributed by atoms with E-state index in [-0.39, 0.29) is 0 Å². The van der Waals surface area contributed by atoms with Crippen molar-refractivity contribution in [2.24, 2.45) is 0 Å². The van der Waals surface area contributed by atoms with E-state index in [0.717, 1.165) is 19.1 Å². The average molecular weight is 301 g/mol. The largest absolute Gasteiger partial charge is 0.352 e. The number of aromatic nitrogens is 1. The fourth-order valence-corrected chi connectivity index (χ4v) is 4.84. The van der Waals surface area contributed by atoms with Gasteiger partial charge >= 0.3 is 0 Å². The SMILES string of the molecule is CC1CN(c2nsc3ccccc23)CCN1C1CCCC1. The van der Waals surface area contributed by atoms with Gasteiger partial charge in [-0.05, 0) is 43.4 Å². The Morgan fingerprint density at radius 3 is 2.76 bits per heavy atom. The number of anilines is 1. The van der Waals surface area contributed by atoms with Crippen LogP contribution in [-0.2, 0) is 0 Å². The number of rotatable bonds is 2. The van der Waals surface area contributed by atoms with Crippen molar-refractivity contribution < 1.29 is 0 Å². The molecule has 4 rings (SSSR count). The van der Waals surface area contributed by atoms with E-state index >= 15 is 0 Å². The molecule has 1 saturated heterocycles. The van der Waals surface area contributed by atoms with Crippen LogP contribution in [0.1, 0.15) is 32.6 Å². The molecule has 1 unspecified atom stereocenters. The number of benzene rings is 1. The van der Waals surface area contributed by atoms with Crippen LogP contribution in [0.5, 0.6) is 0 Å². The zero-order valence-electron chi connectivity index (χ0n) is 12.7. The summed E-state index contributed by atoms with van der Waals surface area (Å²) in [5.74, 6) is 1.20. The number of piperazine rings is 1. The molecule has 0 spiro atoms. The van der Waals surface area contributed by atoms with Crippen LogP contribution in [0.2, 0.25) is 0 Å². The van der Waals surface area contributed by atoms with Crippen LogP contribution in [0, 0.1) is 0 Å². The zero-order valence-corrected chi connectivity index (χ0v) is 13.5. The highest BCUT2D eigenvalue weighted by Crippen LogP contribution is 2.32. The van der Waals surface area contributed by atoms with Gasteiger partial charge in [0.2, 0.25) is 0 Å². The van der Waals surface area contributed by atoms with E-state index in [1.54, 1.807) is 11.5 Å². The lowest BCUT2D eigenvalue weighted by Crippen LogP contribution is -2.55. The summed E-state index contributed by atoms with van der Waals surface area (Å²) >= 11 is 1.63. The Labute approximate surface area is 130 Å². The molecule has 1 aliphatic heterocycles. The Bertz CT molecular complexity index is 617. The molecule has 21 heavy (non-hydrogen) atoms. The first-order chi connectivity index (χ1) is 10.3. The van der Waals surface area contributed by atoms with Crippen LogP contribution in [0.3, 0.4) is 0 Å². The second-order valence-electron chi connectivity index (χ2n) is 6.47. The number of nitrogens with zero attached hydrogens (tertiary/aromatic N) is 3. The fraction of sp³-hybridized carbons (Fsp3) is 0.588. The summed E-state index contributed by atoms with van der Waals surface area (Å²) in [5, 5.41) is 1.32. The standard InChI is InChI=1S/C17H23N3S/c1-13-12-19(10-11-20(13)14-6-2-3-7-14)17-15-8-4-5-9-16(15)21-18-17/h4-5,8-9,13-14H,2-3,6-7,10-12H2,1H3. The van der Waals surface area contributed by atoms with Gasteiger partial charge in [0, 0.05) is 37.1 Å². The van der Waals surface area contributed by atoms with E-state index in [1.807, 2.05) is 0 Å². The fourth-order valence-electron chi connectivity index (χ4n) is 4.04. The van der Waals surface area contributed by atoms with E-state index in [0.29, 0.717) is 6.04 Å². The highest BCUT2D eigenvalue weighted by molar-refractivity contribution is 7.13. The van der Waals surface area contributed by atoms with Crippen molar-refractivity contribution in [2.75, 3.05) is 24.5 Å². The van der Waals surface area contributed by atoms with Crippen LogP contribution >= 0.6 is 11.5 Å². The summed E-state index contributed by atoms with van der Waals surface area (Å²) in [7, 11) is 0. The predicted molar refractivity (Wildman–Crippen MR) is 90.3 cm³/mol. The molecular formula is C17H23N3S. The van der Waals surface area contributed by atoms with Gasteiger partial charge in [-0.1, -0.05) is 25.0 Å². The quantitative estimate of drug-likeness (QED) is 0.842. The third-order valence-electron chi connectivity index (χ3n) is 5.13. The van der Waals surface area contributed by atoms with Gasteiger partial charge < -0.3 is 4.90 Å². The summed E-state index contributed by atoms with van der Waals surface area (Å²) in [4.78, 5) is 5.24. The molecule has 3 nitrogen and oxygen atoms in total. The molecule has 1 atom stereocenters. The lowest BCUT2D eigenvalue weighted by molar-refractivity contribution is 0.131. The molecule has 4 heteroatoms. The highest BCUT2D eigenvalue weighted by atomic mass is 32.1. The monoisotopic (exact) mass is 301 g/mol. The van der Waals surface area contributed by atoms with Crippen molar-refractivity contribution in [3.05, 3.63) is 24.3 Å². The van der Waals surface area contributed by atoms with Crippen LogP contribution in [-0.4, -0.2) is 41.0 Å². The molecule has 0 bridgehead atoms. The van der Waals surface area contributed by atoms with E-state index in [4.69, 9.17) is 4.37 Å². The molecule has 1 aromatic carbocycles. The highest BCUT2D eigenvalue weighted by Gasteiger charge is 2.31. The topological polar surface area (TPSA) is 19.4 Å². The van der Waals surface area contributed by atoms with Gasteiger partial charge in [0.15, 0.2) is 0 Å². The van der Waals surface area contributed by atoms with Gasteiger partial charge in [-0.15, -0.1) is 0 Å². The zero-order chi connectivity index (χ0) is 14.2. The minimum Gasteiger partial charge on any atom is -0.352 e. The Kier molecular flexibility index (Phi) is 3.59. The predicted octanol–water partition coefficient (Wildman–Crippen LogP) is 3.75. The molecule has 2 aromatic rings. The second-order valence-corrected chi connectivity index (χ2v) is 7.28. The van der Waals surface area contributed by atoms with Crippen LogP contribution in [0.25, 0.3) is 10.1 Å². The Morgan fingerprint density at radius 2 is 1.95 bits per heavy atom. The molecule has 0 amide bonds. The molecule has 1 saturated carbocycles. The van der Waals surface area contributed by atoms with Gasteiger partial charge in [-0.2, -0.15) is 4.37 Å². The first-order valence-corrected chi connectivity index (χ1v) is 8.95. The Balaban J connectivity index is 1.53. The summed E-state index contributed by atoms with van der Waals surface area (Å²) in [6.07, 6.45) is 5.66. The third-order valence-corrected chi connectivity index (χ3v) is 5.95. The van der Waals surface area contributed by atoms with Crippen LogP contribution in [0.15, 0.2) is 24.3 Å². The van der Waals surface area contributed by atoms with Crippen molar-refractivity contribution in [2.45, 2.75) is 44.7 Å². The van der Waals surface area contributed by atoms with Crippen LogP contribution < -0.4 is 4.90 Å². The molecule has 2 aliphatic rings. The minimum atomic E-state index is 0.641. The summed E-state index contributed by atoms with van der Waals surface area (Å²) in [6, 6.07) is 10.1. The maximum atomic E-state index is 4.73. The molecule has 112 valence electrons. The average Bonchev–Trinajstić information content (AvgIpc) is 3.16. The lowest BCUT2D eigenvalue weighted by atomic mass is 10.1. The van der Waals surface area contributed by atoms with E-state index < -0.39 is 0 Å². The van der Waals surface area contributed by atoms with Gasteiger partial charge in [0.1, 0.15) is 5.82 Å². The van der Waals surface area contributed by atoms with Gasteiger partial charge in [-0.25, -0.2) is 0 Å². The molecule has 0 radical (unpaired) electrons. The second kappa shape index (κ2) is 5.58. The van der Waals surface area contributed by atoms with Crippen molar-refractivity contribution in [1.82, 2.24) is 9.27 Å². The van der Waals surface area contributed by atoms with Gasteiger partial charge in [0.25, 0.3) is 0 Å². The van der Waals surface area contributed by atoms with Crippen molar-refractivity contribution >= 4 is 27.4 Å². The molecule has 1 aromatic heterocycles. The molecule has 2 heterocycles. The molecule has 0 N–H and O–H groups in total. The lowest BCUT2D eigenvalue weighted by Gasteiger charge is -2.43. The van der Waals surface area contributed by atoms with Gasteiger partial charge in [-0.3, -0.25) is 4.90 Å². The Morgan fingerprint density at radius 1 is 1.14 bits per heavy atom. The maximum absolute atomic E-state index is 4.73. The number of fused-ring (bicyclic) bond motifs is 1. The third kappa shape index (κ3) is 2.44. The minimum absolute atomic E-state index is 0.641. The summed E-state index contributed by atoms with van der Waals surface area (Å²) in [6.45, 7) is 5.82.